The summed E-state index contributed by atoms with van der Waals surface area (Å²) in [7, 11) is 0. The second kappa shape index (κ2) is 6.32. The molecular formula is C10H7BrF3N3O. The van der Waals surface area contributed by atoms with E-state index in [0.717, 1.165) is 0 Å². The summed E-state index contributed by atoms with van der Waals surface area (Å²) >= 11 is 3.06. The van der Waals surface area contributed by atoms with E-state index >= 15 is 0 Å². The Kier molecular flexibility index (Phi) is 5.06. The highest BCUT2D eigenvalue weighted by Gasteiger charge is 2.31. The fourth-order valence-electron chi connectivity index (χ4n) is 1.12. The minimum absolute atomic E-state index is 0.0536. The van der Waals surface area contributed by atoms with Gasteiger partial charge in [0.15, 0.2) is 0 Å². The number of azide groups is 1. The molecule has 0 saturated carbocycles. The summed E-state index contributed by atoms with van der Waals surface area (Å²) in [6, 6.07) is 4.24. The van der Waals surface area contributed by atoms with Crippen molar-refractivity contribution < 1.29 is 17.9 Å². The van der Waals surface area contributed by atoms with Crippen molar-refractivity contribution in [2.45, 2.75) is 6.36 Å². The van der Waals surface area contributed by atoms with Gasteiger partial charge in [-0.3, -0.25) is 0 Å². The van der Waals surface area contributed by atoms with Crippen LogP contribution in [0.2, 0.25) is 0 Å². The van der Waals surface area contributed by atoms with E-state index in [-0.39, 0.29) is 17.9 Å². The topological polar surface area (TPSA) is 58.0 Å². The molecule has 1 aromatic rings. The molecule has 0 fully saturated rings. The van der Waals surface area contributed by atoms with Gasteiger partial charge in [-0.05, 0) is 17.7 Å². The lowest BCUT2D eigenvalue weighted by Crippen LogP contribution is -2.17. The SMILES string of the molecule is [N-]=[N+]=NCC=Cc1ccc(Br)cc1OC(F)(F)F. The van der Waals surface area contributed by atoms with E-state index in [1.54, 1.807) is 6.07 Å². The molecule has 0 aliphatic heterocycles. The Labute approximate surface area is 109 Å². The Bertz CT molecular complexity index is 496. The summed E-state index contributed by atoms with van der Waals surface area (Å²) in [5.74, 6) is -0.325. The molecule has 0 aliphatic rings. The molecule has 18 heavy (non-hydrogen) atoms. The molecule has 96 valence electrons. The lowest BCUT2D eigenvalue weighted by molar-refractivity contribution is -0.274. The molecule has 0 radical (unpaired) electrons. The summed E-state index contributed by atoms with van der Waals surface area (Å²) in [4.78, 5) is 2.52. The molecule has 0 amide bonds. The van der Waals surface area contributed by atoms with Crippen molar-refractivity contribution in [2.24, 2.45) is 5.11 Å². The van der Waals surface area contributed by atoms with Crippen LogP contribution in [0, 0.1) is 0 Å². The van der Waals surface area contributed by atoms with E-state index in [0.29, 0.717) is 4.47 Å². The number of nitrogens with zero attached hydrogens (tertiary/aromatic N) is 3. The number of ether oxygens (including phenoxy) is 1. The largest absolute Gasteiger partial charge is 0.573 e. The van der Waals surface area contributed by atoms with E-state index in [9.17, 15) is 13.2 Å². The molecule has 0 N–H and O–H groups in total. The monoisotopic (exact) mass is 321 g/mol. The number of hydrogen-bond acceptors (Lipinski definition) is 2. The van der Waals surface area contributed by atoms with Crippen LogP contribution in [0.5, 0.6) is 5.75 Å². The first-order valence-corrected chi connectivity index (χ1v) is 5.44. The van der Waals surface area contributed by atoms with Gasteiger partial charge < -0.3 is 4.74 Å². The predicted molar refractivity (Wildman–Crippen MR) is 63.9 cm³/mol. The van der Waals surface area contributed by atoms with E-state index in [1.165, 1.54) is 24.3 Å². The lowest BCUT2D eigenvalue weighted by Gasteiger charge is -2.11. The van der Waals surface area contributed by atoms with Crippen molar-refractivity contribution in [1.82, 2.24) is 0 Å². The minimum Gasteiger partial charge on any atom is -0.405 e. The van der Waals surface area contributed by atoms with Gasteiger partial charge in [0.2, 0.25) is 0 Å². The molecular weight excluding hydrogens is 315 g/mol. The van der Waals surface area contributed by atoms with Gasteiger partial charge in [-0.25, -0.2) is 0 Å². The predicted octanol–water partition coefficient (Wildman–Crippen LogP) is 4.67. The van der Waals surface area contributed by atoms with Gasteiger partial charge in [0, 0.05) is 21.5 Å². The molecule has 0 aliphatic carbocycles. The van der Waals surface area contributed by atoms with Crippen molar-refractivity contribution in [3.63, 3.8) is 0 Å². The molecule has 0 saturated heterocycles. The number of rotatable bonds is 4. The quantitative estimate of drug-likeness (QED) is 0.451. The first-order chi connectivity index (χ1) is 8.42. The minimum atomic E-state index is -4.76. The molecule has 4 nitrogen and oxygen atoms in total. The Morgan fingerprint density at radius 2 is 2.17 bits per heavy atom. The Balaban J connectivity index is 2.96. The van der Waals surface area contributed by atoms with Crippen LogP contribution < -0.4 is 4.74 Å². The van der Waals surface area contributed by atoms with Gasteiger partial charge in [-0.1, -0.05) is 39.3 Å². The van der Waals surface area contributed by atoms with E-state index in [4.69, 9.17) is 5.53 Å². The number of halogens is 4. The third-order valence-corrected chi connectivity index (χ3v) is 2.24. The molecule has 8 heteroatoms. The molecule has 0 spiro atoms. The van der Waals surface area contributed by atoms with Crippen LogP contribution in [-0.4, -0.2) is 12.9 Å². The van der Waals surface area contributed by atoms with Crippen molar-refractivity contribution in [3.05, 3.63) is 44.8 Å². The van der Waals surface area contributed by atoms with E-state index in [2.05, 4.69) is 30.7 Å². The molecule has 0 heterocycles. The van der Waals surface area contributed by atoms with E-state index < -0.39 is 6.36 Å². The summed E-state index contributed by atoms with van der Waals surface area (Å²) in [6.07, 6.45) is -1.93. The van der Waals surface area contributed by atoms with Crippen molar-refractivity contribution in [3.8, 4) is 5.75 Å². The zero-order chi connectivity index (χ0) is 13.6. The average Bonchev–Trinajstić information content (AvgIpc) is 2.24. The Hall–Kier alpha value is -1.66. The Morgan fingerprint density at radius 1 is 1.44 bits per heavy atom. The highest BCUT2D eigenvalue weighted by molar-refractivity contribution is 9.10. The van der Waals surface area contributed by atoms with Gasteiger partial charge in [0.25, 0.3) is 0 Å². The normalized spacial score (nSPS) is 11.3. The standard InChI is InChI=1S/C10H7BrF3N3O/c11-8-4-3-7(2-1-5-16-17-15)9(6-8)18-10(12,13)14/h1-4,6H,5H2. The summed E-state index contributed by atoms with van der Waals surface area (Å²) in [6.45, 7) is 0.0536. The fraction of sp³-hybridized carbons (Fsp3) is 0.200. The highest BCUT2D eigenvalue weighted by atomic mass is 79.9. The first-order valence-electron chi connectivity index (χ1n) is 4.65. The van der Waals surface area contributed by atoms with Crippen LogP contribution in [0.15, 0.2) is 33.9 Å². The number of benzene rings is 1. The van der Waals surface area contributed by atoms with Gasteiger partial charge in [0.05, 0.1) is 0 Å². The molecule has 1 rings (SSSR count). The first kappa shape index (κ1) is 14.4. The maximum Gasteiger partial charge on any atom is 0.573 e. The van der Waals surface area contributed by atoms with Gasteiger partial charge >= 0.3 is 6.36 Å². The highest BCUT2D eigenvalue weighted by Crippen LogP contribution is 2.30. The third-order valence-electron chi connectivity index (χ3n) is 1.75. The fourth-order valence-corrected chi connectivity index (χ4v) is 1.46. The van der Waals surface area contributed by atoms with E-state index in [1.807, 2.05) is 0 Å². The molecule has 0 aromatic heterocycles. The summed E-state index contributed by atoms with van der Waals surface area (Å²) in [5.41, 5.74) is 8.29. The van der Waals surface area contributed by atoms with Crippen LogP contribution in [0.4, 0.5) is 13.2 Å². The van der Waals surface area contributed by atoms with Crippen LogP contribution >= 0.6 is 15.9 Å². The van der Waals surface area contributed by atoms with Crippen molar-refractivity contribution in [2.75, 3.05) is 6.54 Å². The molecule has 0 unspecified atom stereocenters. The lowest BCUT2D eigenvalue weighted by atomic mass is 10.2. The maximum atomic E-state index is 12.2. The zero-order valence-corrected chi connectivity index (χ0v) is 10.4. The van der Waals surface area contributed by atoms with Crippen molar-refractivity contribution >= 4 is 22.0 Å². The van der Waals surface area contributed by atoms with Crippen LogP contribution in [0.1, 0.15) is 5.56 Å². The van der Waals surface area contributed by atoms with Gasteiger partial charge in [0.1, 0.15) is 5.75 Å². The third kappa shape index (κ3) is 5.11. The molecule has 0 atom stereocenters. The zero-order valence-electron chi connectivity index (χ0n) is 8.86. The second-order valence-corrected chi connectivity index (χ2v) is 3.96. The average molecular weight is 322 g/mol. The summed E-state index contributed by atoms with van der Waals surface area (Å²) < 4.78 is 40.9. The number of hydrogen-bond donors (Lipinski definition) is 0. The van der Waals surface area contributed by atoms with Gasteiger partial charge in [-0.15, -0.1) is 13.2 Å². The molecule has 1 aromatic carbocycles. The number of alkyl halides is 3. The van der Waals surface area contributed by atoms with Crippen LogP contribution in [0.3, 0.4) is 0 Å². The summed E-state index contributed by atoms with van der Waals surface area (Å²) in [5, 5.41) is 3.23. The maximum absolute atomic E-state index is 12.2. The smallest absolute Gasteiger partial charge is 0.405 e. The molecule has 0 bridgehead atoms. The van der Waals surface area contributed by atoms with Crippen molar-refractivity contribution in [1.29, 1.82) is 0 Å². The Morgan fingerprint density at radius 3 is 2.78 bits per heavy atom. The van der Waals surface area contributed by atoms with Crippen LogP contribution in [0.25, 0.3) is 16.5 Å². The van der Waals surface area contributed by atoms with Gasteiger partial charge in [-0.2, -0.15) is 0 Å². The second-order valence-electron chi connectivity index (χ2n) is 3.05. The van der Waals surface area contributed by atoms with Crippen LogP contribution in [-0.2, 0) is 0 Å².